The number of halogens is 1. The molecule has 1 heterocycles. The lowest BCUT2D eigenvalue weighted by molar-refractivity contribution is 0.233. The van der Waals surface area contributed by atoms with Gasteiger partial charge in [-0.1, -0.05) is 49.7 Å². The number of nitrogens with zero attached hydrogens (tertiary/aromatic N) is 1. The van der Waals surface area contributed by atoms with Crippen LogP contribution < -0.4 is 10.2 Å². The lowest BCUT2D eigenvalue weighted by Gasteiger charge is -2.46. The van der Waals surface area contributed by atoms with Gasteiger partial charge in [0.25, 0.3) is 0 Å². The van der Waals surface area contributed by atoms with Gasteiger partial charge in [-0.3, -0.25) is 0 Å². The van der Waals surface area contributed by atoms with E-state index in [1.54, 1.807) is 0 Å². The zero-order valence-electron chi connectivity index (χ0n) is 13.3. The number of hydrogen-bond acceptors (Lipinski definition) is 2. The fourth-order valence-corrected chi connectivity index (χ4v) is 3.28. The maximum atomic E-state index is 3.74. The molecule has 1 aromatic rings. The normalized spacial score (nSPS) is 24.0. The summed E-state index contributed by atoms with van der Waals surface area (Å²) in [7, 11) is 0. The van der Waals surface area contributed by atoms with E-state index in [1.807, 2.05) is 0 Å². The van der Waals surface area contributed by atoms with Crippen LogP contribution in [-0.4, -0.2) is 25.2 Å². The van der Waals surface area contributed by atoms with Gasteiger partial charge in [0.05, 0.1) is 0 Å². The molecule has 2 nitrogen and oxygen atoms in total. The molecular weight excluding hydrogens is 312 g/mol. The van der Waals surface area contributed by atoms with E-state index >= 15 is 0 Å². The Bertz CT molecular complexity index is 465. The quantitative estimate of drug-likeness (QED) is 0.861. The first-order chi connectivity index (χ1) is 9.32. The van der Waals surface area contributed by atoms with Crippen molar-refractivity contribution in [3.63, 3.8) is 0 Å². The van der Waals surface area contributed by atoms with E-state index in [1.165, 1.54) is 22.1 Å². The highest BCUT2D eigenvalue weighted by molar-refractivity contribution is 9.10. The molecule has 0 amide bonds. The zero-order chi connectivity index (χ0) is 14.9. The van der Waals surface area contributed by atoms with Crippen molar-refractivity contribution in [2.24, 2.45) is 5.41 Å². The Morgan fingerprint density at radius 2 is 2.05 bits per heavy atom. The Morgan fingerprint density at radius 1 is 1.35 bits per heavy atom. The molecule has 1 aliphatic heterocycles. The first-order valence-electron chi connectivity index (χ1n) is 7.59. The number of hydrogen-bond donors (Lipinski definition) is 1. The summed E-state index contributed by atoms with van der Waals surface area (Å²) in [6.07, 6.45) is 1.18. The van der Waals surface area contributed by atoms with Crippen molar-refractivity contribution < 1.29 is 0 Å². The molecule has 112 valence electrons. The SMILES string of the molecule is CCC1CNC(C(C)(C)C)CN1c1cc(Br)ccc1C. The number of piperazine rings is 1. The van der Waals surface area contributed by atoms with E-state index in [4.69, 9.17) is 0 Å². The molecule has 2 atom stereocenters. The fraction of sp³-hybridized carbons (Fsp3) is 0.647. The third kappa shape index (κ3) is 3.37. The van der Waals surface area contributed by atoms with E-state index in [-0.39, 0.29) is 5.41 Å². The van der Waals surface area contributed by atoms with Gasteiger partial charge in [0.2, 0.25) is 0 Å². The van der Waals surface area contributed by atoms with Crippen molar-refractivity contribution in [2.75, 3.05) is 18.0 Å². The minimum absolute atomic E-state index is 0.289. The molecule has 3 heteroatoms. The van der Waals surface area contributed by atoms with E-state index in [9.17, 15) is 0 Å². The summed E-state index contributed by atoms with van der Waals surface area (Å²) in [5.41, 5.74) is 3.03. The van der Waals surface area contributed by atoms with Crippen LogP contribution in [0, 0.1) is 12.3 Å². The van der Waals surface area contributed by atoms with Crippen LogP contribution in [0.5, 0.6) is 0 Å². The van der Waals surface area contributed by atoms with Gasteiger partial charge >= 0.3 is 0 Å². The average molecular weight is 339 g/mol. The molecule has 0 saturated carbocycles. The van der Waals surface area contributed by atoms with E-state index < -0.39 is 0 Å². The van der Waals surface area contributed by atoms with Gasteiger partial charge in [-0.2, -0.15) is 0 Å². The summed E-state index contributed by atoms with van der Waals surface area (Å²) in [6.45, 7) is 13.6. The number of benzene rings is 1. The third-order valence-corrected chi connectivity index (χ3v) is 4.91. The summed E-state index contributed by atoms with van der Waals surface area (Å²) in [5.74, 6) is 0. The van der Waals surface area contributed by atoms with Crippen LogP contribution in [0.25, 0.3) is 0 Å². The predicted molar refractivity (Wildman–Crippen MR) is 91.5 cm³/mol. The second kappa shape index (κ2) is 6.07. The second-order valence-electron chi connectivity index (χ2n) is 6.97. The lowest BCUT2D eigenvalue weighted by Crippen LogP contribution is -2.60. The van der Waals surface area contributed by atoms with Crippen LogP contribution in [-0.2, 0) is 0 Å². The second-order valence-corrected chi connectivity index (χ2v) is 7.89. The van der Waals surface area contributed by atoms with Gasteiger partial charge in [-0.25, -0.2) is 0 Å². The third-order valence-electron chi connectivity index (χ3n) is 4.42. The molecule has 0 aromatic heterocycles. The van der Waals surface area contributed by atoms with E-state index in [0.29, 0.717) is 12.1 Å². The van der Waals surface area contributed by atoms with Crippen LogP contribution in [0.3, 0.4) is 0 Å². The minimum atomic E-state index is 0.289. The molecule has 0 bridgehead atoms. The van der Waals surface area contributed by atoms with E-state index in [0.717, 1.165) is 13.1 Å². The Balaban J connectivity index is 2.32. The van der Waals surface area contributed by atoms with Crippen LogP contribution in [0.4, 0.5) is 5.69 Å². The van der Waals surface area contributed by atoms with Crippen molar-refractivity contribution >= 4 is 21.6 Å². The predicted octanol–water partition coefficient (Wildman–Crippen LogP) is 4.36. The Kier molecular flexibility index (Phi) is 4.80. The molecule has 2 rings (SSSR count). The van der Waals surface area contributed by atoms with Crippen molar-refractivity contribution in [3.8, 4) is 0 Å². The maximum absolute atomic E-state index is 3.74. The first kappa shape index (κ1) is 15.8. The molecule has 1 aromatic carbocycles. The molecule has 20 heavy (non-hydrogen) atoms. The highest BCUT2D eigenvalue weighted by atomic mass is 79.9. The van der Waals surface area contributed by atoms with Gasteiger partial charge in [0.15, 0.2) is 0 Å². The highest BCUT2D eigenvalue weighted by Gasteiger charge is 2.33. The van der Waals surface area contributed by atoms with Crippen molar-refractivity contribution in [1.82, 2.24) is 5.32 Å². The summed E-state index contributed by atoms with van der Waals surface area (Å²) in [5, 5.41) is 3.74. The zero-order valence-corrected chi connectivity index (χ0v) is 14.9. The van der Waals surface area contributed by atoms with Gasteiger partial charge < -0.3 is 10.2 Å². The van der Waals surface area contributed by atoms with Gasteiger partial charge in [0, 0.05) is 35.3 Å². The standard InChI is InChI=1S/C17H27BrN2/c1-6-14-10-19-16(17(3,4)5)11-20(14)15-9-13(18)8-7-12(15)2/h7-9,14,16,19H,6,10-11H2,1-5H3. The molecule has 1 fully saturated rings. The van der Waals surface area contributed by atoms with Crippen molar-refractivity contribution in [2.45, 2.75) is 53.1 Å². The van der Waals surface area contributed by atoms with Crippen molar-refractivity contribution in [3.05, 3.63) is 28.2 Å². The minimum Gasteiger partial charge on any atom is -0.365 e. The van der Waals surface area contributed by atoms with Crippen LogP contribution in [0.15, 0.2) is 22.7 Å². The molecule has 1 aliphatic rings. The molecule has 1 saturated heterocycles. The first-order valence-corrected chi connectivity index (χ1v) is 8.38. The van der Waals surface area contributed by atoms with Crippen molar-refractivity contribution in [1.29, 1.82) is 0 Å². The summed E-state index contributed by atoms with van der Waals surface area (Å²) in [6, 6.07) is 7.72. The molecule has 2 unspecified atom stereocenters. The number of rotatable bonds is 2. The highest BCUT2D eigenvalue weighted by Crippen LogP contribution is 2.31. The molecule has 0 radical (unpaired) electrons. The van der Waals surface area contributed by atoms with E-state index in [2.05, 4.69) is 79.0 Å². The Labute approximate surface area is 132 Å². The monoisotopic (exact) mass is 338 g/mol. The Hall–Kier alpha value is -0.540. The van der Waals surface area contributed by atoms with Crippen LogP contribution in [0.1, 0.15) is 39.7 Å². The molecule has 1 N–H and O–H groups in total. The van der Waals surface area contributed by atoms with Gasteiger partial charge in [0.1, 0.15) is 0 Å². The molecular formula is C17H27BrN2. The lowest BCUT2D eigenvalue weighted by atomic mass is 9.84. The number of aryl methyl sites for hydroxylation is 1. The maximum Gasteiger partial charge on any atom is 0.0412 e. The molecule has 0 spiro atoms. The van der Waals surface area contributed by atoms with Crippen LogP contribution in [0.2, 0.25) is 0 Å². The smallest absolute Gasteiger partial charge is 0.0412 e. The van der Waals surface area contributed by atoms with Gasteiger partial charge in [-0.05, 0) is 36.5 Å². The summed E-state index contributed by atoms with van der Waals surface area (Å²) in [4.78, 5) is 2.60. The Morgan fingerprint density at radius 3 is 2.65 bits per heavy atom. The largest absolute Gasteiger partial charge is 0.365 e. The number of nitrogens with one attached hydrogen (secondary N) is 1. The number of anilines is 1. The van der Waals surface area contributed by atoms with Crippen LogP contribution >= 0.6 is 15.9 Å². The van der Waals surface area contributed by atoms with Gasteiger partial charge in [-0.15, -0.1) is 0 Å². The average Bonchev–Trinajstić information content (AvgIpc) is 2.40. The summed E-state index contributed by atoms with van der Waals surface area (Å²) >= 11 is 3.62. The topological polar surface area (TPSA) is 15.3 Å². The fourth-order valence-electron chi connectivity index (χ4n) is 2.93. The summed E-state index contributed by atoms with van der Waals surface area (Å²) < 4.78 is 1.17. The molecule has 0 aliphatic carbocycles.